The Hall–Kier alpha value is -4.90. The molecule has 1 saturated heterocycles. The molecule has 0 N–H and O–H groups in total. The molecule has 2 heterocycles. The van der Waals surface area contributed by atoms with Crippen LogP contribution in [0.15, 0.2) is 66.7 Å². The number of amides is 1. The van der Waals surface area contributed by atoms with Gasteiger partial charge < -0.3 is 42.8 Å². The second-order valence-corrected chi connectivity index (χ2v) is 15.0. The topological polar surface area (TPSA) is 111 Å². The van der Waals surface area contributed by atoms with Crippen molar-refractivity contribution in [3.63, 3.8) is 0 Å². The summed E-state index contributed by atoms with van der Waals surface area (Å²) in [5.41, 5.74) is 2.64. The maximum atomic E-state index is 15.2. The second kappa shape index (κ2) is 21.0. The van der Waals surface area contributed by atoms with E-state index in [1.54, 1.807) is 33.3 Å². The van der Waals surface area contributed by atoms with Crippen molar-refractivity contribution < 1.29 is 47.5 Å². The lowest BCUT2D eigenvalue weighted by atomic mass is 9.75. The first-order chi connectivity index (χ1) is 27.9. The minimum Gasteiger partial charge on any atom is -0.493 e. The SMILES string of the molecule is COc1ccc(CC[C@H]2OC(=O)[C@@H]3CCCCN3C(=O)[C@@H](C3CCCCC3)c3cc(OC)c(OC)c(c3)OCCCOC/C=C\COc3cccc2c3)cc1OC. The zero-order valence-corrected chi connectivity index (χ0v) is 34.0. The fraction of sp³-hybridized carbons (Fsp3) is 0.522. The molecule has 3 aromatic carbocycles. The van der Waals surface area contributed by atoms with Crippen LogP contribution in [0.4, 0.5) is 0 Å². The van der Waals surface area contributed by atoms with Crippen LogP contribution in [0, 0.1) is 5.92 Å². The molecule has 0 radical (unpaired) electrons. The van der Waals surface area contributed by atoms with Crippen molar-refractivity contribution >= 4 is 11.9 Å². The minimum absolute atomic E-state index is 0.0571. The third-order valence-electron chi connectivity index (χ3n) is 11.3. The van der Waals surface area contributed by atoms with E-state index in [9.17, 15) is 4.79 Å². The van der Waals surface area contributed by atoms with E-state index in [4.69, 9.17) is 37.9 Å². The molecule has 0 spiro atoms. The molecule has 1 aliphatic carbocycles. The summed E-state index contributed by atoms with van der Waals surface area (Å²) in [5.74, 6) is 2.60. The Bertz CT molecular complexity index is 1800. The van der Waals surface area contributed by atoms with Crippen molar-refractivity contribution in [2.45, 2.75) is 88.7 Å². The molecular formula is C46H59NO10. The van der Waals surface area contributed by atoms with Crippen LogP contribution in [-0.2, 0) is 25.5 Å². The monoisotopic (exact) mass is 785 g/mol. The van der Waals surface area contributed by atoms with Gasteiger partial charge in [0.2, 0.25) is 11.7 Å². The fourth-order valence-corrected chi connectivity index (χ4v) is 8.37. The average Bonchev–Trinajstić information content (AvgIpc) is 3.25. The summed E-state index contributed by atoms with van der Waals surface area (Å²) >= 11 is 0. The number of carbonyl (C=O) groups excluding carboxylic acids is 2. The van der Waals surface area contributed by atoms with Crippen molar-refractivity contribution in [2.24, 2.45) is 5.92 Å². The zero-order chi connectivity index (χ0) is 40.0. The van der Waals surface area contributed by atoms with Gasteiger partial charge in [-0.15, -0.1) is 0 Å². The standard InChI is InChI=1S/C46H59NO10/c1-50-39-22-20-32(28-40(39)51-2)19-21-38-34-16-12-17-36(29-34)55-26-11-10-24-54-25-13-27-56-42-31-35(30-41(52-3)44(42)53-4)43(33-14-6-5-7-15-33)45(48)47-23-9-8-18-37(47)46(49)57-38/h10-12,16-17,20,22,28-31,33,37-38,43H,5-9,13-15,18-19,21,23-27H2,1-4H3/b11-10-/t37-,38+,43-/m0/s1. The number of fused-ring (bicyclic) bond motifs is 5. The average molecular weight is 786 g/mol. The Morgan fingerprint density at radius 1 is 0.702 bits per heavy atom. The van der Waals surface area contributed by atoms with Crippen LogP contribution in [0.1, 0.15) is 92.9 Å². The van der Waals surface area contributed by atoms with Crippen LogP contribution in [0.2, 0.25) is 0 Å². The number of methoxy groups -OCH3 is 4. The smallest absolute Gasteiger partial charge is 0.329 e. The summed E-state index contributed by atoms with van der Waals surface area (Å²) in [6, 6.07) is 16.7. The summed E-state index contributed by atoms with van der Waals surface area (Å²) in [6.07, 6.45) is 12.3. The van der Waals surface area contributed by atoms with Gasteiger partial charge in [0.05, 0.1) is 54.2 Å². The number of hydrogen-bond donors (Lipinski definition) is 0. The molecule has 3 aromatic rings. The van der Waals surface area contributed by atoms with Crippen LogP contribution in [0.25, 0.3) is 0 Å². The first-order valence-corrected chi connectivity index (χ1v) is 20.5. The van der Waals surface area contributed by atoms with Crippen molar-refractivity contribution in [2.75, 3.05) is 61.4 Å². The van der Waals surface area contributed by atoms with Gasteiger partial charge in [-0.3, -0.25) is 4.79 Å². The quantitative estimate of drug-likeness (QED) is 0.163. The largest absolute Gasteiger partial charge is 0.493 e. The highest BCUT2D eigenvalue weighted by molar-refractivity contribution is 5.89. The summed E-state index contributed by atoms with van der Waals surface area (Å²) in [6.45, 7) is 2.16. The first kappa shape index (κ1) is 41.7. The molecule has 11 nitrogen and oxygen atoms in total. The third-order valence-corrected chi connectivity index (χ3v) is 11.3. The summed E-state index contributed by atoms with van der Waals surface area (Å²) < 4.78 is 47.4. The number of piperidine rings is 1. The number of benzene rings is 3. The number of hydrogen-bond acceptors (Lipinski definition) is 10. The van der Waals surface area contributed by atoms with Crippen molar-refractivity contribution in [1.82, 2.24) is 4.90 Å². The predicted octanol–water partition coefficient (Wildman–Crippen LogP) is 8.42. The van der Waals surface area contributed by atoms with E-state index >= 15 is 4.79 Å². The number of rotatable bonds is 8. The molecule has 4 bridgehead atoms. The van der Waals surface area contributed by atoms with E-state index in [0.717, 1.165) is 61.6 Å². The minimum atomic E-state index is -0.719. The first-order valence-electron chi connectivity index (χ1n) is 20.5. The van der Waals surface area contributed by atoms with Gasteiger partial charge in [-0.1, -0.05) is 43.5 Å². The number of ether oxygens (including phenoxy) is 8. The number of nitrogens with zero attached hydrogens (tertiary/aromatic N) is 1. The normalized spacial score (nSPS) is 22.2. The number of esters is 1. The van der Waals surface area contributed by atoms with Crippen LogP contribution < -0.4 is 28.4 Å². The molecule has 1 amide bonds. The Kier molecular flexibility index (Phi) is 15.4. The molecule has 3 aliphatic rings. The Labute approximate surface area is 337 Å². The van der Waals surface area contributed by atoms with E-state index in [1.165, 1.54) is 0 Å². The second-order valence-electron chi connectivity index (χ2n) is 15.0. The van der Waals surface area contributed by atoms with E-state index in [0.29, 0.717) is 93.2 Å². The highest BCUT2D eigenvalue weighted by Gasteiger charge is 2.41. The van der Waals surface area contributed by atoms with E-state index in [2.05, 4.69) is 0 Å². The lowest BCUT2D eigenvalue weighted by Crippen LogP contribution is -2.51. The Morgan fingerprint density at radius 2 is 1.49 bits per heavy atom. The lowest BCUT2D eigenvalue weighted by Gasteiger charge is -2.40. The van der Waals surface area contributed by atoms with Gasteiger partial charge >= 0.3 is 5.97 Å². The summed E-state index contributed by atoms with van der Waals surface area (Å²) in [7, 11) is 6.41. The summed E-state index contributed by atoms with van der Waals surface area (Å²) in [5, 5.41) is 0. The fourth-order valence-electron chi connectivity index (χ4n) is 8.37. The summed E-state index contributed by atoms with van der Waals surface area (Å²) in [4.78, 5) is 31.5. The third kappa shape index (κ3) is 10.7. The molecule has 308 valence electrons. The molecule has 57 heavy (non-hydrogen) atoms. The van der Waals surface area contributed by atoms with Crippen molar-refractivity contribution in [1.29, 1.82) is 0 Å². The molecule has 0 aromatic heterocycles. The molecule has 2 fully saturated rings. The molecule has 0 unspecified atom stereocenters. The van der Waals surface area contributed by atoms with Gasteiger partial charge in [0, 0.05) is 13.0 Å². The number of carbonyl (C=O) groups is 2. The molecule has 3 atom stereocenters. The number of cyclic esters (lactones) is 1. The van der Waals surface area contributed by atoms with Crippen LogP contribution in [0.5, 0.6) is 34.5 Å². The Balaban J connectivity index is 1.36. The van der Waals surface area contributed by atoms with Gasteiger partial charge in [0.15, 0.2) is 23.0 Å². The highest BCUT2D eigenvalue weighted by Crippen LogP contribution is 2.45. The van der Waals surface area contributed by atoms with Crippen molar-refractivity contribution in [3.05, 3.63) is 83.4 Å². The highest BCUT2D eigenvalue weighted by atomic mass is 16.5. The number of aryl methyl sites for hydroxylation is 1. The van der Waals surface area contributed by atoms with Gasteiger partial charge in [-0.2, -0.15) is 0 Å². The van der Waals surface area contributed by atoms with Crippen LogP contribution in [-0.4, -0.2) is 84.2 Å². The molecular weight excluding hydrogens is 727 g/mol. The predicted molar refractivity (Wildman–Crippen MR) is 217 cm³/mol. The molecule has 1 saturated carbocycles. The molecule has 11 heteroatoms. The molecule has 6 rings (SSSR count). The molecule has 2 aliphatic heterocycles. The van der Waals surface area contributed by atoms with E-state index in [1.807, 2.05) is 66.7 Å². The Morgan fingerprint density at radius 3 is 2.28 bits per heavy atom. The van der Waals surface area contributed by atoms with Crippen LogP contribution >= 0.6 is 0 Å². The maximum absolute atomic E-state index is 15.2. The van der Waals surface area contributed by atoms with Gasteiger partial charge in [-0.25, -0.2) is 4.79 Å². The van der Waals surface area contributed by atoms with E-state index in [-0.39, 0.29) is 11.8 Å². The lowest BCUT2D eigenvalue weighted by molar-refractivity contribution is -0.163. The zero-order valence-electron chi connectivity index (χ0n) is 34.0. The van der Waals surface area contributed by atoms with Crippen molar-refractivity contribution in [3.8, 4) is 34.5 Å². The van der Waals surface area contributed by atoms with E-state index < -0.39 is 24.0 Å². The van der Waals surface area contributed by atoms with Gasteiger partial charge in [0.1, 0.15) is 24.5 Å². The van der Waals surface area contributed by atoms with Gasteiger partial charge in [-0.05, 0) is 110 Å². The van der Waals surface area contributed by atoms with Gasteiger partial charge in [0.25, 0.3) is 0 Å². The van der Waals surface area contributed by atoms with Crippen LogP contribution in [0.3, 0.4) is 0 Å². The maximum Gasteiger partial charge on any atom is 0.329 e.